The van der Waals surface area contributed by atoms with Crippen molar-refractivity contribution in [3.63, 3.8) is 0 Å². The Morgan fingerprint density at radius 1 is 0.917 bits per heavy atom. The molecule has 1 unspecified atom stereocenters. The third-order valence-electron chi connectivity index (χ3n) is 4.18. The summed E-state index contributed by atoms with van der Waals surface area (Å²) in [4.78, 5) is 16.2. The second-order valence-electron chi connectivity index (χ2n) is 5.68. The van der Waals surface area contributed by atoms with Gasteiger partial charge in [0.05, 0.1) is 0 Å². The summed E-state index contributed by atoms with van der Waals surface area (Å²) in [6.45, 7) is 0.812. The molecule has 120 valence electrons. The molecule has 0 aliphatic carbocycles. The van der Waals surface area contributed by atoms with Gasteiger partial charge in [-0.3, -0.25) is 4.79 Å². The summed E-state index contributed by atoms with van der Waals surface area (Å²) in [5.41, 5.74) is 3.07. The molecule has 0 saturated carbocycles. The molecule has 1 aromatic heterocycles. The number of rotatable bonds is 3. The monoisotopic (exact) mass is 351 g/mol. The Morgan fingerprint density at radius 3 is 2.38 bits per heavy atom. The van der Waals surface area contributed by atoms with E-state index in [0.29, 0.717) is 0 Å². The lowest BCUT2D eigenvalue weighted by Gasteiger charge is -2.23. The summed E-state index contributed by atoms with van der Waals surface area (Å²) in [6, 6.07) is 22.4. The van der Waals surface area contributed by atoms with Crippen LogP contribution in [0.25, 0.3) is 11.1 Å². The molecule has 4 heteroatoms. The van der Waals surface area contributed by atoms with Crippen LogP contribution in [0.1, 0.15) is 20.6 Å². The normalized spacial score (nSPS) is 17.2. The Hall–Kier alpha value is -2.04. The molecule has 2 heterocycles. The van der Waals surface area contributed by atoms with Crippen molar-refractivity contribution in [1.82, 2.24) is 4.90 Å². The van der Waals surface area contributed by atoms with E-state index >= 15 is 0 Å². The summed E-state index contributed by atoms with van der Waals surface area (Å²) < 4.78 is 0. The van der Waals surface area contributed by atoms with Gasteiger partial charge in [-0.2, -0.15) is 0 Å². The van der Waals surface area contributed by atoms with Crippen LogP contribution in [0.2, 0.25) is 0 Å². The lowest BCUT2D eigenvalue weighted by molar-refractivity contribution is 0.0762. The first-order valence-electron chi connectivity index (χ1n) is 7.94. The maximum Gasteiger partial charge on any atom is 0.255 e. The van der Waals surface area contributed by atoms with Crippen molar-refractivity contribution in [2.45, 2.75) is 5.37 Å². The predicted octanol–water partition coefficient (Wildman–Crippen LogP) is 5.30. The third kappa shape index (κ3) is 2.99. The van der Waals surface area contributed by atoms with Crippen LogP contribution in [-0.2, 0) is 0 Å². The molecule has 0 radical (unpaired) electrons. The number of hydrogen-bond acceptors (Lipinski definition) is 3. The van der Waals surface area contributed by atoms with Crippen LogP contribution in [0.15, 0.2) is 72.1 Å². The SMILES string of the molecule is O=C(c1ccc(-c2ccccc2)cc1)N1CCSC1c1cccs1. The largest absolute Gasteiger partial charge is 0.321 e. The topological polar surface area (TPSA) is 20.3 Å². The Bertz CT molecular complexity index is 813. The number of thioether (sulfide) groups is 1. The fourth-order valence-electron chi connectivity index (χ4n) is 2.95. The first-order chi connectivity index (χ1) is 11.8. The fraction of sp³-hybridized carbons (Fsp3) is 0.150. The van der Waals surface area contributed by atoms with E-state index in [0.717, 1.165) is 23.4 Å². The van der Waals surface area contributed by atoms with E-state index in [1.54, 1.807) is 11.3 Å². The van der Waals surface area contributed by atoms with Gasteiger partial charge >= 0.3 is 0 Å². The van der Waals surface area contributed by atoms with Gasteiger partial charge in [0.1, 0.15) is 5.37 Å². The van der Waals surface area contributed by atoms with Crippen molar-refractivity contribution in [2.24, 2.45) is 0 Å². The van der Waals surface area contributed by atoms with E-state index in [2.05, 4.69) is 29.6 Å². The first kappa shape index (κ1) is 15.5. The molecular weight excluding hydrogens is 334 g/mol. The number of benzene rings is 2. The zero-order chi connectivity index (χ0) is 16.4. The van der Waals surface area contributed by atoms with Crippen LogP contribution in [-0.4, -0.2) is 23.1 Å². The molecule has 2 nitrogen and oxygen atoms in total. The van der Waals surface area contributed by atoms with Gasteiger partial charge in [-0.1, -0.05) is 48.5 Å². The summed E-state index contributed by atoms with van der Waals surface area (Å²) in [5, 5.41) is 2.23. The van der Waals surface area contributed by atoms with E-state index in [1.807, 2.05) is 59.1 Å². The maximum atomic E-state index is 12.9. The zero-order valence-electron chi connectivity index (χ0n) is 13.1. The van der Waals surface area contributed by atoms with Crippen LogP contribution >= 0.6 is 23.1 Å². The van der Waals surface area contributed by atoms with Crippen molar-refractivity contribution in [3.05, 3.63) is 82.6 Å². The lowest BCUT2D eigenvalue weighted by atomic mass is 10.0. The molecule has 3 aromatic rings. The highest BCUT2D eigenvalue weighted by Gasteiger charge is 2.31. The molecule has 0 spiro atoms. The van der Waals surface area contributed by atoms with Crippen molar-refractivity contribution in [2.75, 3.05) is 12.3 Å². The summed E-state index contributed by atoms with van der Waals surface area (Å²) in [6.07, 6.45) is 0. The second-order valence-corrected chi connectivity index (χ2v) is 7.85. The van der Waals surface area contributed by atoms with Gasteiger partial charge < -0.3 is 4.90 Å². The third-order valence-corrected chi connectivity index (χ3v) is 6.49. The van der Waals surface area contributed by atoms with Crippen LogP contribution in [0, 0.1) is 0 Å². The number of thiophene rings is 1. The summed E-state index contributed by atoms with van der Waals surface area (Å²) in [7, 11) is 0. The second kappa shape index (κ2) is 6.83. The molecule has 0 bridgehead atoms. The lowest BCUT2D eigenvalue weighted by Crippen LogP contribution is -2.30. The molecule has 24 heavy (non-hydrogen) atoms. The maximum absolute atomic E-state index is 12.9. The molecule has 1 aliphatic rings. The first-order valence-corrected chi connectivity index (χ1v) is 9.87. The standard InChI is InChI=1S/C20H17NOS2/c22-19(21-12-14-24-20(21)18-7-4-13-23-18)17-10-8-16(9-11-17)15-5-2-1-3-6-15/h1-11,13,20H,12,14H2. The van der Waals surface area contributed by atoms with Crippen LogP contribution in [0.5, 0.6) is 0 Å². The predicted molar refractivity (Wildman–Crippen MR) is 102 cm³/mol. The summed E-state index contributed by atoms with van der Waals surface area (Å²) in [5.74, 6) is 1.12. The molecule has 1 atom stereocenters. The number of hydrogen-bond donors (Lipinski definition) is 0. The Morgan fingerprint density at radius 2 is 1.67 bits per heavy atom. The molecule has 1 aliphatic heterocycles. The van der Waals surface area contributed by atoms with Crippen molar-refractivity contribution in [3.8, 4) is 11.1 Å². The molecule has 1 amide bonds. The zero-order valence-corrected chi connectivity index (χ0v) is 14.7. The van der Waals surface area contributed by atoms with Gasteiger partial charge in [-0.25, -0.2) is 0 Å². The number of carbonyl (C=O) groups is 1. The van der Waals surface area contributed by atoms with E-state index in [-0.39, 0.29) is 11.3 Å². The Kier molecular flexibility index (Phi) is 4.41. The van der Waals surface area contributed by atoms with Gasteiger partial charge in [0.25, 0.3) is 5.91 Å². The highest BCUT2D eigenvalue weighted by molar-refractivity contribution is 7.99. The van der Waals surface area contributed by atoms with Crippen LogP contribution in [0.4, 0.5) is 0 Å². The fourth-order valence-corrected chi connectivity index (χ4v) is 5.18. The van der Waals surface area contributed by atoms with Crippen molar-refractivity contribution < 1.29 is 4.79 Å². The minimum absolute atomic E-state index is 0.123. The number of carbonyl (C=O) groups excluding carboxylic acids is 1. The quantitative estimate of drug-likeness (QED) is 0.638. The van der Waals surface area contributed by atoms with E-state index in [1.165, 1.54) is 10.4 Å². The molecule has 1 fully saturated rings. The minimum atomic E-state index is 0.123. The average Bonchev–Trinajstić information content (AvgIpc) is 3.33. The molecule has 0 N–H and O–H groups in total. The van der Waals surface area contributed by atoms with Crippen LogP contribution in [0.3, 0.4) is 0 Å². The number of amides is 1. The Labute approximate surface area is 150 Å². The van der Waals surface area contributed by atoms with E-state index in [9.17, 15) is 4.79 Å². The molecule has 2 aromatic carbocycles. The highest BCUT2D eigenvalue weighted by Crippen LogP contribution is 2.40. The van der Waals surface area contributed by atoms with E-state index < -0.39 is 0 Å². The smallest absolute Gasteiger partial charge is 0.255 e. The van der Waals surface area contributed by atoms with Gasteiger partial charge in [0.15, 0.2) is 0 Å². The van der Waals surface area contributed by atoms with Crippen LogP contribution < -0.4 is 0 Å². The Balaban J connectivity index is 1.56. The molecule has 1 saturated heterocycles. The van der Waals surface area contributed by atoms with Gasteiger partial charge in [0.2, 0.25) is 0 Å². The molecular formula is C20H17NOS2. The minimum Gasteiger partial charge on any atom is -0.321 e. The number of nitrogens with zero attached hydrogens (tertiary/aromatic N) is 1. The van der Waals surface area contributed by atoms with Gasteiger partial charge in [-0.05, 0) is 34.7 Å². The van der Waals surface area contributed by atoms with Gasteiger partial charge in [0, 0.05) is 22.7 Å². The van der Waals surface area contributed by atoms with Crippen molar-refractivity contribution in [1.29, 1.82) is 0 Å². The highest BCUT2D eigenvalue weighted by atomic mass is 32.2. The van der Waals surface area contributed by atoms with E-state index in [4.69, 9.17) is 0 Å². The molecule has 4 rings (SSSR count). The summed E-state index contributed by atoms with van der Waals surface area (Å²) >= 11 is 3.57. The van der Waals surface area contributed by atoms with Gasteiger partial charge in [-0.15, -0.1) is 23.1 Å². The van der Waals surface area contributed by atoms with Crippen molar-refractivity contribution >= 4 is 29.0 Å². The average molecular weight is 351 g/mol.